The van der Waals surface area contributed by atoms with Crippen molar-refractivity contribution in [3.05, 3.63) is 72.2 Å². The number of nitrogens with one attached hydrogen (secondary N) is 1. The van der Waals surface area contributed by atoms with Crippen molar-refractivity contribution < 1.29 is 9.72 Å². The van der Waals surface area contributed by atoms with E-state index in [-0.39, 0.29) is 20.6 Å². The van der Waals surface area contributed by atoms with Gasteiger partial charge in [-0.1, -0.05) is 50.9 Å². The number of hydrogen-bond acceptors (Lipinski definition) is 6. The van der Waals surface area contributed by atoms with Crippen LogP contribution in [0.4, 0.5) is 11.4 Å². The van der Waals surface area contributed by atoms with Crippen molar-refractivity contribution in [3.63, 3.8) is 0 Å². The van der Waals surface area contributed by atoms with Gasteiger partial charge in [0.15, 0.2) is 0 Å². The summed E-state index contributed by atoms with van der Waals surface area (Å²) in [6.07, 6.45) is 2.80. The molecule has 138 valence electrons. The molecule has 0 bridgehead atoms. The number of rotatable bonds is 5. The Balaban J connectivity index is 1.90. The fourth-order valence-corrected chi connectivity index (χ4v) is 5.01. The molecule has 3 aromatic rings. The van der Waals surface area contributed by atoms with Gasteiger partial charge in [-0.05, 0) is 24.3 Å². The lowest BCUT2D eigenvalue weighted by molar-refractivity contribution is -0.387. The third kappa shape index (κ3) is 4.80. The average molecular weight is 505 g/mol. The monoisotopic (exact) mass is 503 g/mol. The summed E-state index contributed by atoms with van der Waals surface area (Å²) in [7, 11) is 0. The summed E-state index contributed by atoms with van der Waals surface area (Å²) in [6.45, 7) is 0. The van der Waals surface area contributed by atoms with Crippen molar-refractivity contribution in [1.82, 2.24) is 4.98 Å². The van der Waals surface area contributed by atoms with E-state index >= 15 is 0 Å². The largest absolute Gasteiger partial charge is 0.321 e. The van der Waals surface area contributed by atoms with Gasteiger partial charge in [0, 0.05) is 28.6 Å². The number of anilines is 1. The van der Waals surface area contributed by atoms with Crippen LogP contribution in [0.2, 0.25) is 10.0 Å². The molecule has 0 aliphatic carbocycles. The maximum Gasteiger partial charge on any atom is 0.294 e. The van der Waals surface area contributed by atoms with Gasteiger partial charge in [-0.15, -0.1) is 11.3 Å². The fraction of sp³-hybridized carbons (Fsp3) is 0. The van der Waals surface area contributed by atoms with Crippen LogP contribution >= 0.6 is 62.2 Å². The predicted octanol–water partition coefficient (Wildman–Crippen LogP) is 6.52. The van der Waals surface area contributed by atoms with Crippen LogP contribution in [0.5, 0.6) is 0 Å². The molecule has 6 nitrogen and oxygen atoms in total. The highest BCUT2D eigenvalue weighted by atomic mass is 79.9. The zero-order valence-corrected chi connectivity index (χ0v) is 17.8. The zero-order valence-electron chi connectivity index (χ0n) is 13.1. The number of amides is 1. The summed E-state index contributed by atoms with van der Waals surface area (Å²) in [5.41, 5.74) is 0.392. The van der Waals surface area contributed by atoms with E-state index in [9.17, 15) is 14.9 Å². The maximum absolute atomic E-state index is 12.5. The molecule has 0 saturated heterocycles. The minimum absolute atomic E-state index is 0.185. The Hall–Kier alpha value is -1.65. The molecule has 1 aromatic carbocycles. The summed E-state index contributed by atoms with van der Waals surface area (Å²) in [6, 6.07) is 8.24. The molecule has 0 aliphatic rings. The Labute approximate surface area is 180 Å². The standard InChI is InChI=1S/C16H8BrCl2N3O3S2/c17-8-1-3-9(4-2-8)21-15(23)13-5-12(22(24)25)16(26-13)27-14-10(18)6-20-7-11(14)19/h1-7H,(H,21,23). The average Bonchev–Trinajstić information content (AvgIpc) is 3.05. The third-order valence-electron chi connectivity index (χ3n) is 3.21. The lowest BCUT2D eigenvalue weighted by atomic mass is 10.3. The number of halogens is 3. The van der Waals surface area contributed by atoms with Gasteiger partial charge in [0.05, 0.1) is 19.9 Å². The quantitative estimate of drug-likeness (QED) is 0.315. The highest BCUT2D eigenvalue weighted by Gasteiger charge is 2.25. The fourth-order valence-electron chi connectivity index (χ4n) is 1.99. The number of benzene rings is 1. The Bertz CT molecular complexity index is 1010. The number of pyridine rings is 1. The Morgan fingerprint density at radius 1 is 1.22 bits per heavy atom. The topological polar surface area (TPSA) is 85.1 Å². The van der Waals surface area contributed by atoms with E-state index in [0.717, 1.165) is 27.6 Å². The summed E-state index contributed by atoms with van der Waals surface area (Å²) in [4.78, 5) is 27.8. The van der Waals surface area contributed by atoms with Crippen LogP contribution in [0.15, 0.2) is 56.3 Å². The summed E-state index contributed by atoms with van der Waals surface area (Å²) >= 11 is 17.5. The van der Waals surface area contributed by atoms with Gasteiger partial charge < -0.3 is 5.32 Å². The van der Waals surface area contributed by atoms with Crippen LogP contribution in [-0.4, -0.2) is 15.8 Å². The number of carbonyl (C=O) groups is 1. The number of carbonyl (C=O) groups excluding carboxylic acids is 1. The van der Waals surface area contributed by atoms with Crippen molar-refractivity contribution in [1.29, 1.82) is 0 Å². The van der Waals surface area contributed by atoms with E-state index in [2.05, 4.69) is 26.2 Å². The van der Waals surface area contributed by atoms with Gasteiger partial charge in [-0.25, -0.2) is 0 Å². The van der Waals surface area contributed by atoms with Crippen LogP contribution in [0.1, 0.15) is 9.67 Å². The van der Waals surface area contributed by atoms with Crippen LogP contribution in [0, 0.1) is 10.1 Å². The minimum Gasteiger partial charge on any atom is -0.321 e. The molecule has 0 fully saturated rings. The van der Waals surface area contributed by atoms with E-state index in [1.807, 2.05) is 0 Å². The van der Waals surface area contributed by atoms with Crippen LogP contribution in [0.25, 0.3) is 0 Å². The van der Waals surface area contributed by atoms with Gasteiger partial charge in [0.1, 0.15) is 9.09 Å². The molecule has 2 heterocycles. The van der Waals surface area contributed by atoms with Crippen molar-refractivity contribution in [2.45, 2.75) is 9.10 Å². The molecule has 0 saturated carbocycles. The molecular formula is C16H8BrCl2N3O3S2. The van der Waals surface area contributed by atoms with E-state index in [1.165, 1.54) is 18.5 Å². The highest BCUT2D eigenvalue weighted by molar-refractivity contribution is 9.10. The molecule has 1 amide bonds. The first-order valence-corrected chi connectivity index (χ1v) is 10.4. The van der Waals surface area contributed by atoms with Crippen LogP contribution < -0.4 is 5.32 Å². The summed E-state index contributed by atoms with van der Waals surface area (Å²) in [5.74, 6) is -0.441. The second-order valence-corrected chi connectivity index (χ2v) is 9.10. The normalized spacial score (nSPS) is 10.6. The Morgan fingerprint density at radius 2 is 1.85 bits per heavy atom. The molecule has 0 aliphatic heterocycles. The molecule has 0 atom stereocenters. The number of thiophene rings is 1. The third-order valence-corrected chi connectivity index (χ3v) is 6.99. The van der Waals surface area contributed by atoms with Crippen LogP contribution in [-0.2, 0) is 0 Å². The smallest absolute Gasteiger partial charge is 0.294 e. The Kier molecular flexibility index (Phi) is 6.38. The van der Waals surface area contributed by atoms with E-state index in [1.54, 1.807) is 24.3 Å². The van der Waals surface area contributed by atoms with Crippen LogP contribution in [0.3, 0.4) is 0 Å². The van der Waals surface area contributed by atoms with Gasteiger partial charge in [0.25, 0.3) is 11.6 Å². The first-order valence-electron chi connectivity index (χ1n) is 7.17. The minimum atomic E-state index is -0.543. The summed E-state index contributed by atoms with van der Waals surface area (Å²) < 4.78 is 1.17. The highest BCUT2D eigenvalue weighted by Crippen LogP contribution is 2.45. The molecular weight excluding hydrogens is 497 g/mol. The van der Waals surface area contributed by atoms with E-state index in [0.29, 0.717) is 14.8 Å². The Morgan fingerprint density at radius 3 is 2.44 bits per heavy atom. The van der Waals surface area contributed by atoms with Crippen molar-refractivity contribution in [3.8, 4) is 0 Å². The molecule has 0 unspecified atom stereocenters. The van der Waals surface area contributed by atoms with Gasteiger partial charge in [-0.2, -0.15) is 0 Å². The molecule has 0 spiro atoms. The predicted molar refractivity (Wildman–Crippen MR) is 111 cm³/mol. The number of nitro groups is 1. The zero-order chi connectivity index (χ0) is 19.6. The first-order chi connectivity index (χ1) is 12.8. The second-order valence-electron chi connectivity index (χ2n) is 5.04. The summed E-state index contributed by atoms with van der Waals surface area (Å²) in [5, 5.41) is 14.7. The van der Waals surface area contributed by atoms with E-state index in [4.69, 9.17) is 23.2 Å². The van der Waals surface area contributed by atoms with Crippen molar-refractivity contribution in [2.24, 2.45) is 0 Å². The first kappa shape index (κ1) is 20.1. The second kappa shape index (κ2) is 8.57. The van der Waals surface area contributed by atoms with E-state index < -0.39 is 10.8 Å². The number of aromatic nitrogens is 1. The van der Waals surface area contributed by atoms with Gasteiger partial charge in [0.2, 0.25) is 0 Å². The SMILES string of the molecule is O=C(Nc1ccc(Br)cc1)c1cc([N+](=O)[O-])c(Sc2c(Cl)cncc2Cl)s1. The van der Waals surface area contributed by atoms with Crippen molar-refractivity contribution in [2.75, 3.05) is 5.32 Å². The van der Waals surface area contributed by atoms with Crippen molar-refractivity contribution >= 4 is 79.5 Å². The molecule has 0 radical (unpaired) electrons. The maximum atomic E-state index is 12.5. The number of hydrogen-bond donors (Lipinski definition) is 1. The lowest BCUT2D eigenvalue weighted by Gasteiger charge is -2.04. The van der Waals surface area contributed by atoms with Gasteiger partial charge >= 0.3 is 0 Å². The lowest BCUT2D eigenvalue weighted by Crippen LogP contribution is -2.09. The molecule has 1 N–H and O–H groups in total. The number of nitrogens with zero attached hydrogens (tertiary/aromatic N) is 2. The van der Waals surface area contributed by atoms with Gasteiger partial charge in [-0.3, -0.25) is 19.9 Å². The molecule has 27 heavy (non-hydrogen) atoms. The molecule has 3 rings (SSSR count). The molecule has 2 aromatic heterocycles. The molecule has 11 heteroatoms.